The Balaban J connectivity index is 2.32. The minimum atomic E-state index is 0.374. The highest BCUT2D eigenvalue weighted by atomic mass is 16.5. The van der Waals surface area contributed by atoms with E-state index in [2.05, 4.69) is 32.0 Å². The number of hydrogen-bond donors (Lipinski definition) is 1. The lowest BCUT2D eigenvalue weighted by molar-refractivity contribution is 0.407. The monoisotopic (exact) mass is 205 g/mol. The Bertz CT molecular complexity index is 360. The van der Waals surface area contributed by atoms with Gasteiger partial charge >= 0.3 is 0 Å². The minimum absolute atomic E-state index is 0.374. The van der Waals surface area contributed by atoms with Gasteiger partial charge in [0.25, 0.3) is 0 Å². The molecule has 2 heteroatoms. The van der Waals surface area contributed by atoms with Gasteiger partial charge in [0.15, 0.2) is 0 Å². The summed E-state index contributed by atoms with van der Waals surface area (Å²) in [5, 5.41) is 0. The van der Waals surface area contributed by atoms with Crippen molar-refractivity contribution in [1.82, 2.24) is 0 Å². The van der Waals surface area contributed by atoms with E-state index in [1.807, 2.05) is 0 Å². The third kappa shape index (κ3) is 2.00. The maximum atomic E-state index is 5.86. The van der Waals surface area contributed by atoms with Crippen molar-refractivity contribution in [2.75, 3.05) is 7.11 Å². The minimum Gasteiger partial charge on any atom is -0.496 e. The second-order valence-electron chi connectivity index (χ2n) is 4.66. The van der Waals surface area contributed by atoms with E-state index in [1.54, 1.807) is 7.11 Å². The molecule has 2 rings (SSSR count). The van der Waals surface area contributed by atoms with Gasteiger partial charge in [-0.05, 0) is 29.5 Å². The van der Waals surface area contributed by atoms with Gasteiger partial charge in [0, 0.05) is 12.0 Å². The molecule has 1 aliphatic rings. The van der Waals surface area contributed by atoms with Crippen molar-refractivity contribution in [3.05, 3.63) is 29.3 Å². The zero-order valence-corrected chi connectivity index (χ0v) is 9.66. The van der Waals surface area contributed by atoms with Crippen LogP contribution >= 0.6 is 0 Å². The van der Waals surface area contributed by atoms with Crippen LogP contribution in [0.4, 0.5) is 0 Å². The normalized spacial score (nSPS) is 24.3. The van der Waals surface area contributed by atoms with Crippen LogP contribution in [0.1, 0.15) is 43.2 Å². The molecule has 1 aromatic rings. The fourth-order valence-corrected chi connectivity index (χ4v) is 2.03. The van der Waals surface area contributed by atoms with E-state index in [4.69, 9.17) is 10.5 Å². The van der Waals surface area contributed by atoms with Crippen LogP contribution in [0.5, 0.6) is 5.75 Å². The van der Waals surface area contributed by atoms with Crippen LogP contribution in [0.15, 0.2) is 18.2 Å². The topological polar surface area (TPSA) is 35.2 Å². The van der Waals surface area contributed by atoms with E-state index in [-0.39, 0.29) is 0 Å². The Morgan fingerprint density at radius 1 is 1.40 bits per heavy atom. The number of nitrogens with two attached hydrogens (primary N) is 1. The van der Waals surface area contributed by atoms with E-state index in [0.717, 1.165) is 12.2 Å². The first kappa shape index (κ1) is 10.5. The molecule has 2 nitrogen and oxygen atoms in total. The standard InChI is InChI=1S/C13H19NO/c1-8(2)10-6-9(11-7-12(11)14)4-5-13(10)15-3/h4-6,8,11-12H,7,14H2,1-3H3. The molecule has 0 aromatic heterocycles. The van der Waals surface area contributed by atoms with Gasteiger partial charge in [0.05, 0.1) is 7.11 Å². The molecule has 1 aromatic carbocycles. The van der Waals surface area contributed by atoms with Crippen LogP contribution in [0, 0.1) is 0 Å². The summed E-state index contributed by atoms with van der Waals surface area (Å²) in [4.78, 5) is 0. The molecule has 0 heterocycles. The summed E-state index contributed by atoms with van der Waals surface area (Å²) in [5.41, 5.74) is 8.52. The second kappa shape index (κ2) is 3.86. The van der Waals surface area contributed by atoms with Gasteiger partial charge in [-0.15, -0.1) is 0 Å². The molecule has 0 amide bonds. The molecule has 0 bridgehead atoms. The van der Waals surface area contributed by atoms with Crippen LogP contribution in [0.2, 0.25) is 0 Å². The van der Waals surface area contributed by atoms with Crippen LogP contribution in [-0.2, 0) is 0 Å². The molecule has 0 aliphatic heterocycles. The summed E-state index contributed by atoms with van der Waals surface area (Å²) in [5.74, 6) is 2.06. The predicted molar refractivity (Wildman–Crippen MR) is 62.4 cm³/mol. The lowest BCUT2D eigenvalue weighted by Crippen LogP contribution is -2.02. The molecule has 2 N–H and O–H groups in total. The first-order valence-corrected chi connectivity index (χ1v) is 5.57. The Kier molecular flexibility index (Phi) is 2.70. The number of benzene rings is 1. The van der Waals surface area contributed by atoms with E-state index >= 15 is 0 Å². The van der Waals surface area contributed by atoms with Crippen molar-refractivity contribution in [2.24, 2.45) is 5.73 Å². The summed E-state index contributed by atoms with van der Waals surface area (Å²) in [6.45, 7) is 4.38. The highest BCUT2D eigenvalue weighted by Crippen LogP contribution is 2.41. The number of methoxy groups -OCH3 is 1. The van der Waals surface area contributed by atoms with Gasteiger partial charge in [-0.25, -0.2) is 0 Å². The quantitative estimate of drug-likeness (QED) is 0.823. The summed E-state index contributed by atoms with van der Waals surface area (Å²) in [6.07, 6.45) is 1.13. The average molecular weight is 205 g/mol. The third-order valence-electron chi connectivity index (χ3n) is 3.14. The van der Waals surface area contributed by atoms with Crippen molar-refractivity contribution in [2.45, 2.75) is 38.1 Å². The first-order valence-electron chi connectivity index (χ1n) is 5.57. The smallest absolute Gasteiger partial charge is 0.122 e. The molecule has 1 saturated carbocycles. The van der Waals surface area contributed by atoms with Gasteiger partial charge in [0.2, 0.25) is 0 Å². The van der Waals surface area contributed by atoms with Crippen molar-refractivity contribution in [1.29, 1.82) is 0 Å². The molecule has 0 radical (unpaired) electrons. The van der Waals surface area contributed by atoms with Crippen molar-refractivity contribution in [3.8, 4) is 5.75 Å². The molecule has 82 valence electrons. The Morgan fingerprint density at radius 2 is 2.07 bits per heavy atom. The zero-order valence-electron chi connectivity index (χ0n) is 9.66. The van der Waals surface area contributed by atoms with E-state index in [1.165, 1.54) is 11.1 Å². The molecule has 0 saturated heterocycles. The van der Waals surface area contributed by atoms with Crippen LogP contribution in [0.25, 0.3) is 0 Å². The second-order valence-corrected chi connectivity index (χ2v) is 4.66. The van der Waals surface area contributed by atoms with Gasteiger partial charge in [0.1, 0.15) is 5.75 Å². The van der Waals surface area contributed by atoms with Crippen molar-refractivity contribution >= 4 is 0 Å². The van der Waals surface area contributed by atoms with Crippen LogP contribution in [-0.4, -0.2) is 13.2 Å². The van der Waals surface area contributed by atoms with Crippen molar-refractivity contribution < 1.29 is 4.74 Å². The molecule has 0 spiro atoms. The van der Waals surface area contributed by atoms with E-state index in [9.17, 15) is 0 Å². The molecule has 15 heavy (non-hydrogen) atoms. The Labute approximate surface area is 91.4 Å². The summed E-state index contributed by atoms with van der Waals surface area (Å²) < 4.78 is 5.36. The third-order valence-corrected chi connectivity index (χ3v) is 3.14. The summed E-state index contributed by atoms with van der Waals surface area (Å²) in [7, 11) is 1.73. The van der Waals surface area contributed by atoms with Crippen LogP contribution < -0.4 is 10.5 Å². The van der Waals surface area contributed by atoms with Crippen LogP contribution in [0.3, 0.4) is 0 Å². The number of hydrogen-bond acceptors (Lipinski definition) is 2. The van der Waals surface area contributed by atoms with Gasteiger partial charge in [-0.3, -0.25) is 0 Å². The average Bonchev–Trinajstić information content (AvgIpc) is 2.94. The molecule has 2 unspecified atom stereocenters. The van der Waals surface area contributed by atoms with Gasteiger partial charge < -0.3 is 10.5 Å². The summed E-state index contributed by atoms with van der Waals surface area (Å²) in [6, 6.07) is 6.83. The van der Waals surface area contributed by atoms with E-state index in [0.29, 0.717) is 17.9 Å². The molecular formula is C13H19NO. The maximum Gasteiger partial charge on any atom is 0.122 e. The van der Waals surface area contributed by atoms with Gasteiger partial charge in [-0.2, -0.15) is 0 Å². The number of ether oxygens (including phenoxy) is 1. The number of rotatable bonds is 3. The van der Waals surface area contributed by atoms with E-state index < -0.39 is 0 Å². The lowest BCUT2D eigenvalue weighted by Gasteiger charge is -2.13. The molecule has 1 fully saturated rings. The largest absolute Gasteiger partial charge is 0.496 e. The zero-order chi connectivity index (χ0) is 11.0. The highest BCUT2D eigenvalue weighted by molar-refractivity contribution is 5.42. The summed E-state index contributed by atoms with van der Waals surface area (Å²) >= 11 is 0. The fraction of sp³-hybridized carbons (Fsp3) is 0.538. The molecule has 1 aliphatic carbocycles. The predicted octanol–water partition coefficient (Wildman–Crippen LogP) is 2.63. The Morgan fingerprint density at radius 3 is 2.53 bits per heavy atom. The highest BCUT2D eigenvalue weighted by Gasteiger charge is 2.35. The molecule has 2 atom stereocenters. The SMILES string of the molecule is COc1ccc(C2CC2N)cc1C(C)C. The fourth-order valence-electron chi connectivity index (χ4n) is 2.03. The lowest BCUT2D eigenvalue weighted by atomic mass is 9.98. The molecular weight excluding hydrogens is 186 g/mol. The maximum absolute atomic E-state index is 5.86. The van der Waals surface area contributed by atoms with Crippen molar-refractivity contribution in [3.63, 3.8) is 0 Å². The first-order chi connectivity index (χ1) is 7.13. The van der Waals surface area contributed by atoms with Gasteiger partial charge in [-0.1, -0.05) is 26.0 Å². The Hall–Kier alpha value is -1.02.